The highest BCUT2D eigenvalue weighted by Gasteiger charge is 2.05. The summed E-state index contributed by atoms with van der Waals surface area (Å²) in [6.07, 6.45) is 2.95. The van der Waals surface area contributed by atoms with Gasteiger partial charge in [-0.05, 0) is 37.1 Å². The number of nitrogens with zero attached hydrogens (tertiary/aromatic N) is 1. The lowest BCUT2D eigenvalue weighted by atomic mass is 10.1. The van der Waals surface area contributed by atoms with Gasteiger partial charge in [0.15, 0.2) is 0 Å². The molecule has 16 heavy (non-hydrogen) atoms. The van der Waals surface area contributed by atoms with Crippen molar-refractivity contribution in [2.45, 2.75) is 20.3 Å². The first-order valence-corrected chi connectivity index (χ1v) is 6.30. The molecule has 0 saturated heterocycles. The van der Waals surface area contributed by atoms with Crippen LogP contribution in [0.4, 0.5) is 5.82 Å². The summed E-state index contributed by atoms with van der Waals surface area (Å²) in [7, 11) is 0. The van der Waals surface area contributed by atoms with Crippen molar-refractivity contribution in [3.63, 3.8) is 0 Å². The normalized spacial score (nSPS) is 10.7. The van der Waals surface area contributed by atoms with Gasteiger partial charge in [-0.3, -0.25) is 0 Å². The number of anilines is 1. The van der Waals surface area contributed by atoms with E-state index in [-0.39, 0.29) is 0 Å². The molecule has 1 aromatic heterocycles. The maximum atomic E-state index is 4.39. The van der Waals surface area contributed by atoms with E-state index in [4.69, 9.17) is 0 Å². The number of rotatable bonds is 3. The van der Waals surface area contributed by atoms with E-state index in [0.29, 0.717) is 0 Å². The topological polar surface area (TPSA) is 24.9 Å². The van der Waals surface area contributed by atoms with Crippen LogP contribution in [0.15, 0.2) is 28.9 Å². The van der Waals surface area contributed by atoms with Gasteiger partial charge >= 0.3 is 0 Å². The minimum atomic E-state index is 0.956. The summed E-state index contributed by atoms with van der Waals surface area (Å²) >= 11 is 3.59. The van der Waals surface area contributed by atoms with Crippen LogP contribution in [-0.2, 0) is 0 Å². The maximum absolute atomic E-state index is 4.39. The number of nitrogens with one attached hydrogen (secondary N) is 1. The molecule has 2 aromatic rings. The third-order valence-corrected chi connectivity index (χ3v) is 3.17. The number of fused-ring (bicyclic) bond motifs is 1. The number of halogens is 1. The molecule has 0 atom stereocenters. The summed E-state index contributed by atoms with van der Waals surface area (Å²) in [6.45, 7) is 5.21. The van der Waals surface area contributed by atoms with Gasteiger partial charge in [0.1, 0.15) is 5.82 Å². The van der Waals surface area contributed by atoms with Crippen LogP contribution in [0.1, 0.15) is 18.9 Å². The first-order valence-electron chi connectivity index (χ1n) is 5.51. The average molecular weight is 279 g/mol. The van der Waals surface area contributed by atoms with Gasteiger partial charge in [0.05, 0.1) is 0 Å². The molecule has 1 aromatic carbocycles. The number of hydrogen-bond acceptors (Lipinski definition) is 2. The SMILES string of the molecule is CCCNc1nccc2c(Br)cc(C)cc12. The van der Waals surface area contributed by atoms with Gasteiger partial charge < -0.3 is 5.32 Å². The number of benzene rings is 1. The van der Waals surface area contributed by atoms with Gasteiger partial charge in [0.2, 0.25) is 0 Å². The van der Waals surface area contributed by atoms with Gasteiger partial charge in [-0.15, -0.1) is 0 Å². The van der Waals surface area contributed by atoms with E-state index < -0.39 is 0 Å². The third kappa shape index (κ3) is 2.19. The smallest absolute Gasteiger partial charge is 0.133 e. The Morgan fingerprint density at radius 3 is 2.88 bits per heavy atom. The van der Waals surface area contributed by atoms with Gasteiger partial charge in [0, 0.05) is 28.0 Å². The standard InChI is InChI=1S/C13H15BrN2/c1-3-5-15-13-11-7-9(2)8-12(14)10(11)4-6-16-13/h4,6-8H,3,5H2,1-2H3,(H,15,16). The van der Waals surface area contributed by atoms with Gasteiger partial charge in [0.25, 0.3) is 0 Å². The van der Waals surface area contributed by atoms with E-state index in [1.165, 1.54) is 16.3 Å². The Kier molecular flexibility index (Phi) is 3.44. The Morgan fingerprint density at radius 1 is 1.31 bits per heavy atom. The van der Waals surface area contributed by atoms with Crippen molar-refractivity contribution in [2.75, 3.05) is 11.9 Å². The lowest BCUT2D eigenvalue weighted by Crippen LogP contribution is -2.02. The fourth-order valence-electron chi connectivity index (χ4n) is 1.76. The number of pyridine rings is 1. The molecule has 0 radical (unpaired) electrons. The number of aromatic nitrogens is 1. The molecule has 2 nitrogen and oxygen atoms in total. The van der Waals surface area contributed by atoms with Crippen molar-refractivity contribution in [2.24, 2.45) is 0 Å². The van der Waals surface area contributed by atoms with Crippen LogP contribution < -0.4 is 5.32 Å². The van der Waals surface area contributed by atoms with Crippen LogP contribution in [0.2, 0.25) is 0 Å². The van der Waals surface area contributed by atoms with Crippen LogP contribution in [0.3, 0.4) is 0 Å². The molecule has 84 valence electrons. The van der Waals surface area contributed by atoms with E-state index in [0.717, 1.165) is 23.3 Å². The summed E-state index contributed by atoms with van der Waals surface area (Å²) < 4.78 is 1.13. The molecule has 0 unspecified atom stereocenters. The van der Waals surface area contributed by atoms with Crippen LogP contribution in [-0.4, -0.2) is 11.5 Å². The van der Waals surface area contributed by atoms with Gasteiger partial charge in [-0.2, -0.15) is 0 Å². The lowest BCUT2D eigenvalue weighted by Gasteiger charge is -2.09. The predicted octanol–water partition coefficient (Wildman–Crippen LogP) is 4.13. The van der Waals surface area contributed by atoms with Crippen molar-refractivity contribution in [3.8, 4) is 0 Å². The van der Waals surface area contributed by atoms with Crippen LogP contribution >= 0.6 is 15.9 Å². The molecule has 0 bridgehead atoms. The zero-order chi connectivity index (χ0) is 11.5. The number of hydrogen-bond donors (Lipinski definition) is 1. The molecule has 2 rings (SSSR count). The van der Waals surface area contributed by atoms with Gasteiger partial charge in [-0.25, -0.2) is 4.98 Å². The van der Waals surface area contributed by atoms with E-state index in [2.05, 4.69) is 52.2 Å². The highest BCUT2D eigenvalue weighted by atomic mass is 79.9. The fourth-order valence-corrected chi connectivity index (χ4v) is 2.47. The second-order valence-electron chi connectivity index (χ2n) is 3.93. The summed E-state index contributed by atoms with van der Waals surface area (Å²) in [5.41, 5.74) is 1.24. The molecular weight excluding hydrogens is 264 g/mol. The summed E-state index contributed by atoms with van der Waals surface area (Å²) in [6, 6.07) is 6.34. The molecule has 1 heterocycles. The van der Waals surface area contributed by atoms with Crippen LogP contribution in [0.5, 0.6) is 0 Å². The predicted molar refractivity (Wildman–Crippen MR) is 73.0 cm³/mol. The Balaban J connectivity index is 2.57. The van der Waals surface area contributed by atoms with E-state index in [1.807, 2.05) is 12.3 Å². The molecule has 3 heteroatoms. The Hall–Kier alpha value is -1.09. The number of aryl methyl sites for hydroxylation is 1. The van der Waals surface area contributed by atoms with Crippen molar-refractivity contribution < 1.29 is 0 Å². The summed E-state index contributed by atoms with van der Waals surface area (Å²) in [4.78, 5) is 4.39. The first-order chi connectivity index (χ1) is 7.72. The molecule has 1 N–H and O–H groups in total. The maximum Gasteiger partial charge on any atom is 0.133 e. The molecule has 0 fully saturated rings. The molecular formula is C13H15BrN2. The Labute approximate surface area is 104 Å². The van der Waals surface area contributed by atoms with Crippen LogP contribution in [0.25, 0.3) is 10.8 Å². The van der Waals surface area contributed by atoms with E-state index >= 15 is 0 Å². The highest BCUT2D eigenvalue weighted by Crippen LogP contribution is 2.29. The second kappa shape index (κ2) is 4.83. The van der Waals surface area contributed by atoms with E-state index in [1.54, 1.807) is 0 Å². The minimum absolute atomic E-state index is 0.956. The lowest BCUT2D eigenvalue weighted by molar-refractivity contribution is 0.972. The highest BCUT2D eigenvalue weighted by molar-refractivity contribution is 9.10. The third-order valence-electron chi connectivity index (χ3n) is 2.52. The Morgan fingerprint density at radius 2 is 2.12 bits per heavy atom. The summed E-state index contributed by atoms with van der Waals surface area (Å²) in [5.74, 6) is 0.976. The molecule has 0 aliphatic heterocycles. The largest absolute Gasteiger partial charge is 0.370 e. The Bertz CT molecular complexity index is 509. The van der Waals surface area contributed by atoms with Crippen molar-refractivity contribution in [3.05, 3.63) is 34.4 Å². The molecule has 0 saturated carbocycles. The molecule has 0 aliphatic rings. The van der Waals surface area contributed by atoms with Crippen molar-refractivity contribution in [1.82, 2.24) is 4.98 Å². The first kappa shape index (κ1) is 11.4. The minimum Gasteiger partial charge on any atom is -0.370 e. The zero-order valence-electron chi connectivity index (χ0n) is 9.55. The fraction of sp³-hybridized carbons (Fsp3) is 0.308. The summed E-state index contributed by atoms with van der Waals surface area (Å²) in [5, 5.41) is 5.75. The van der Waals surface area contributed by atoms with Gasteiger partial charge in [-0.1, -0.05) is 22.9 Å². The monoisotopic (exact) mass is 278 g/mol. The molecule has 0 spiro atoms. The van der Waals surface area contributed by atoms with Crippen molar-refractivity contribution >= 4 is 32.5 Å². The second-order valence-corrected chi connectivity index (χ2v) is 4.78. The molecule has 0 aliphatic carbocycles. The average Bonchev–Trinajstić information content (AvgIpc) is 2.26. The van der Waals surface area contributed by atoms with Crippen LogP contribution in [0, 0.1) is 6.92 Å². The zero-order valence-corrected chi connectivity index (χ0v) is 11.1. The van der Waals surface area contributed by atoms with E-state index in [9.17, 15) is 0 Å². The molecule has 0 amide bonds. The quantitative estimate of drug-likeness (QED) is 0.913. The van der Waals surface area contributed by atoms with Crippen molar-refractivity contribution in [1.29, 1.82) is 0 Å².